The van der Waals surface area contributed by atoms with Crippen LogP contribution in [0.3, 0.4) is 0 Å². The van der Waals surface area contributed by atoms with Crippen molar-refractivity contribution in [3.63, 3.8) is 0 Å². The van der Waals surface area contributed by atoms with Gasteiger partial charge < -0.3 is 10.1 Å². The van der Waals surface area contributed by atoms with E-state index in [0.29, 0.717) is 11.1 Å². The zero-order valence-corrected chi connectivity index (χ0v) is 10.5. The summed E-state index contributed by atoms with van der Waals surface area (Å²) in [6, 6.07) is 6.15. The molecule has 16 heavy (non-hydrogen) atoms. The summed E-state index contributed by atoms with van der Waals surface area (Å²) in [4.78, 5) is 0. The summed E-state index contributed by atoms with van der Waals surface area (Å²) < 4.78 is 5.29. The third-order valence-corrected chi connectivity index (χ3v) is 3.36. The summed E-state index contributed by atoms with van der Waals surface area (Å²) in [6.45, 7) is 2.63. The highest BCUT2D eigenvalue weighted by atomic mass is 35.5. The number of hydrogen-bond acceptors (Lipinski definition) is 2. The van der Waals surface area contributed by atoms with Gasteiger partial charge in [-0.1, -0.05) is 29.3 Å². The number of ether oxygens (including phenoxy) is 1. The number of rotatable bonds is 4. The zero-order valence-electron chi connectivity index (χ0n) is 9.01. The molecule has 0 spiro atoms. The van der Waals surface area contributed by atoms with Gasteiger partial charge in [-0.25, -0.2) is 0 Å². The van der Waals surface area contributed by atoms with Crippen molar-refractivity contribution in [2.75, 3.05) is 19.8 Å². The van der Waals surface area contributed by atoms with E-state index in [-0.39, 0.29) is 0 Å². The standard InChI is InChI=1S/C12H15Cl2NO/c13-10-2-1-9(12(14)7-10)3-5-15-11-4-6-16-8-11/h1-2,7,11,15H,3-6,8H2. The molecule has 0 aliphatic carbocycles. The van der Waals surface area contributed by atoms with Crippen LogP contribution in [-0.2, 0) is 11.2 Å². The van der Waals surface area contributed by atoms with Crippen molar-refractivity contribution in [1.82, 2.24) is 5.32 Å². The average molecular weight is 260 g/mol. The first-order chi connectivity index (χ1) is 7.75. The molecule has 88 valence electrons. The number of hydrogen-bond donors (Lipinski definition) is 1. The van der Waals surface area contributed by atoms with Crippen LogP contribution in [-0.4, -0.2) is 25.8 Å². The molecule has 0 amide bonds. The maximum atomic E-state index is 6.09. The molecule has 0 aromatic heterocycles. The summed E-state index contributed by atoms with van der Waals surface area (Å²) in [5.41, 5.74) is 1.14. The van der Waals surface area contributed by atoms with Crippen molar-refractivity contribution in [3.8, 4) is 0 Å². The first kappa shape index (κ1) is 12.2. The van der Waals surface area contributed by atoms with Gasteiger partial charge in [0, 0.05) is 22.7 Å². The Morgan fingerprint density at radius 2 is 2.25 bits per heavy atom. The second-order valence-electron chi connectivity index (χ2n) is 4.00. The van der Waals surface area contributed by atoms with Gasteiger partial charge in [0.1, 0.15) is 0 Å². The van der Waals surface area contributed by atoms with Gasteiger partial charge in [-0.2, -0.15) is 0 Å². The molecule has 1 aromatic rings. The highest BCUT2D eigenvalue weighted by Gasteiger charge is 2.14. The van der Waals surface area contributed by atoms with E-state index in [1.54, 1.807) is 6.07 Å². The van der Waals surface area contributed by atoms with E-state index in [9.17, 15) is 0 Å². The van der Waals surface area contributed by atoms with Gasteiger partial charge in [-0.15, -0.1) is 0 Å². The SMILES string of the molecule is Clc1ccc(CCNC2CCOC2)c(Cl)c1. The summed E-state index contributed by atoms with van der Waals surface area (Å²) in [5.74, 6) is 0. The maximum absolute atomic E-state index is 6.09. The minimum Gasteiger partial charge on any atom is -0.380 e. The topological polar surface area (TPSA) is 21.3 Å². The predicted octanol–water partition coefficient (Wildman–Crippen LogP) is 2.91. The van der Waals surface area contributed by atoms with Gasteiger partial charge in [-0.05, 0) is 37.1 Å². The molecule has 1 saturated heterocycles. The molecule has 0 bridgehead atoms. The summed E-state index contributed by atoms with van der Waals surface area (Å²) in [6.07, 6.45) is 2.03. The predicted molar refractivity (Wildman–Crippen MR) is 67.4 cm³/mol. The lowest BCUT2D eigenvalue weighted by atomic mass is 10.1. The van der Waals surface area contributed by atoms with Crippen molar-refractivity contribution < 1.29 is 4.74 Å². The van der Waals surface area contributed by atoms with E-state index in [4.69, 9.17) is 27.9 Å². The highest BCUT2D eigenvalue weighted by molar-refractivity contribution is 6.35. The average Bonchev–Trinajstić information content (AvgIpc) is 2.74. The van der Waals surface area contributed by atoms with Gasteiger partial charge in [0.25, 0.3) is 0 Å². The minimum absolute atomic E-state index is 0.506. The van der Waals surface area contributed by atoms with Crippen molar-refractivity contribution in [2.24, 2.45) is 0 Å². The van der Waals surface area contributed by atoms with Crippen LogP contribution in [0, 0.1) is 0 Å². The fourth-order valence-electron chi connectivity index (χ4n) is 1.83. The Morgan fingerprint density at radius 1 is 1.38 bits per heavy atom. The fourth-order valence-corrected chi connectivity index (χ4v) is 2.33. The highest BCUT2D eigenvalue weighted by Crippen LogP contribution is 2.21. The first-order valence-corrected chi connectivity index (χ1v) is 6.26. The summed E-state index contributed by atoms with van der Waals surface area (Å²) >= 11 is 11.9. The molecule has 1 unspecified atom stereocenters. The van der Waals surface area contributed by atoms with Crippen molar-refractivity contribution >= 4 is 23.2 Å². The lowest BCUT2D eigenvalue weighted by molar-refractivity contribution is 0.190. The normalized spacial score (nSPS) is 20.2. The molecule has 1 heterocycles. The Balaban J connectivity index is 1.80. The second kappa shape index (κ2) is 5.87. The van der Waals surface area contributed by atoms with Crippen LogP contribution in [0.2, 0.25) is 10.0 Å². The third kappa shape index (κ3) is 3.36. The van der Waals surface area contributed by atoms with Gasteiger partial charge in [0.2, 0.25) is 0 Å². The van der Waals surface area contributed by atoms with Gasteiger partial charge in [0.05, 0.1) is 6.61 Å². The van der Waals surface area contributed by atoms with E-state index in [2.05, 4.69) is 5.32 Å². The van der Waals surface area contributed by atoms with E-state index < -0.39 is 0 Å². The number of benzene rings is 1. The lowest BCUT2D eigenvalue weighted by Gasteiger charge is -2.11. The quantitative estimate of drug-likeness (QED) is 0.898. The number of halogens is 2. The van der Waals surface area contributed by atoms with Crippen molar-refractivity contribution in [1.29, 1.82) is 0 Å². The Kier molecular flexibility index (Phi) is 4.47. The molecule has 0 radical (unpaired) electrons. The van der Waals surface area contributed by atoms with Gasteiger partial charge in [-0.3, -0.25) is 0 Å². The molecule has 2 nitrogen and oxygen atoms in total. The fraction of sp³-hybridized carbons (Fsp3) is 0.500. The molecule has 1 fully saturated rings. The maximum Gasteiger partial charge on any atom is 0.0620 e. The Bertz CT molecular complexity index is 351. The lowest BCUT2D eigenvalue weighted by Crippen LogP contribution is -2.30. The molecular weight excluding hydrogens is 245 g/mol. The minimum atomic E-state index is 0.506. The van der Waals surface area contributed by atoms with Crippen molar-refractivity contribution in [2.45, 2.75) is 18.9 Å². The van der Waals surface area contributed by atoms with Crippen LogP contribution < -0.4 is 5.32 Å². The van der Waals surface area contributed by atoms with Crippen LogP contribution in [0.25, 0.3) is 0 Å². The molecule has 1 N–H and O–H groups in total. The van der Waals surface area contributed by atoms with E-state index in [0.717, 1.165) is 43.2 Å². The summed E-state index contributed by atoms with van der Waals surface area (Å²) in [7, 11) is 0. The van der Waals surface area contributed by atoms with Crippen molar-refractivity contribution in [3.05, 3.63) is 33.8 Å². The summed E-state index contributed by atoms with van der Waals surface area (Å²) in [5, 5.41) is 4.89. The third-order valence-electron chi connectivity index (χ3n) is 2.77. The largest absolute Gasteiger partial charge is 0.380 e. The van der Waals surface area contributed by atoms with Gasteiger partial charge >= 0.3 is 0 Å². The molecule has 0 saturated carbocycles. The second-order valence-corrected chi connectivity index (χ2v) is 4.84. The first-order valence-electron chi connectivity index (χ1n) is 5.51. The number of nitrogens with one attached hydrogen (secondary N) is 1. The molecule has 1 aliphatic heterocycles. The van der Waals surface area contributed by atoms with Gasteiger partial charge in [0.15, 0.2) is 0 Å². The molecular formula is C12H15Cl2NO. The van der Waals surface area contributed by atoms with Crippen LogP contribution >= 0.6 is 23.2 Å². The van der Waals surface area contributed by atoms with Crippen LogP contribution in [0.5, 0.6) is 0 Å². The zero-order chi connectivity index (χ0) is 11.4. The Morgan fingerprint density at radius 3 is 2.94 bits per heavy atom. The molecule has 1 aliphatic rings. The Hall–Kier alpha value is -0.280. The van der Waals surface area contributed by atoms with E-state index in [1.807, 2.05) is 12.1 Å². The molecule has 2 rings (SSSR count). The van der Waals surface area contributed by atoms with Crippen LogP contribution in [0.4, 0.5) is 0 Å². The van der Waals surface area contributed by atoms with Crippen LogP contribution in [0.15, 0.2) is 18.2 Å². The van der Waals surface area contributed by atoms with E-state index >= 15 is 0 Å². The molecule has 4 heteroatoms. The van der Waals surface area contributed by atoms with E-state index in [1.165, 1.54) is 0 Å². The monoisotopic (exact) mass is 259 g/mol. The smallest absolute Gasteiger partial charge is 0.0620 e. The molecule has 1 aromatic carbocycles. The molecule has 1 atom stereocenters. The Labute approximate surface area is 106 Å². The van der Waals surface area contributed by atoms with Crippen LogP contribution in [0.1, 0.15) is 12.0 Å².